The highest BCUT2D eigenvalue weighted by molar-refractivity contribution is 5.94. The summed E-state index contributed by atoms with van der Waals surface area (Å²) in [5.74, 6) is 0.0795. The second-order valence-electron chi connectivity index (χ2n) is 3.09. The molecule has 0 atom stereocenters. The van der Waals surface area contributed by atoms with Crippen LogP contribution in [0, 0.1) is 0 Å². The molecule has 0 heterocycles. The third-order valence-corrected chi connectivity index (χ3v) is 1.92. The fraction of sp³-hybridized carbons (Fsp3) is 0.250. The van der Waals surface area contributed by atoms with E-state index in [0.29, 0.717) is 6.42 Å². The molecule has 2 nitrogen and oxygen atoms in total. The van der Waals surface area contributed by atoms with Gasteiger partial charge in [-0.05, 0) is 18.9 Å². The molecular formula is C12H14O2. The zero-order chi connectivity index (χ0) is 10.4. The molecule has 74 valence electrons. The molecule has 1 aromatic rings. The Hall–Kier alpha value is -1.41. The molecule has 0 amide bonds. The van der Waals surface area contributed by atoms with Crippen LogP contribution in [-0.2, 0) is 0 Å². The summed E-state index contributed by atoms with van der Waals surface area (Å²) in [5, 5.41) is 8.57. The molecule has 14 heavy (non-hydrogen) atoms. The van der Waals surface area contributed by atoms with E-state index in [4.69, 9.17) is 5.11 Å². The van der Waals surface area contributed by atoms with Crippen LogP contribution in [0.2, 0.25) is 0 Å². The number of rotatable bonds is 4. The molecule has 1 N–H and O–H groups in total. The average Bonchev–Trinajstić information content (AvgIpc) is 2.19. The molecule has 0 aliphatic carbocycles. The van der Waals surface area contributed by atoms with E-state index in [2.05, 4.69) is 0 Å². The first-order valence-electron chi connectivity index (χ1n) is 4.62. The largest absolute Gasteiger partial charge is 0.396 e. The maximum Gasteiger partial charge on any atom is 0.159 e. The molecular weight excluding hydrogens is 176 g/mol. The summed E-state index contributed by atoms with van der Waals surface area (Å²) < 4.78 is 0. The SMILES string of the molecule is CC(=O)c1ccc(C=CCCO)cc1. The summed E-state index contributed by atoms with van der Waals surface area (Å²) in [4.78, 5) is 11.0. The predicted octanol–water partition coefficient (Wildman–Crippen LogP) is 2.28. The van der Waals surface area contributed by atoms with Crippen molar-refractivity contribution >= 4 is 11.9 Å². The quantitative estimate of drug-likeness (QED) is 0.739. The molecule has 0 aromatic heterocycles. The monoisotopic (exact) mass is 190 g/mol. The van der Waals surface area contributed by atoms with Crippen LogP contribution in [0.5, 0.6) is 0 Å². The maximum absolute atomic E-state index is 11.0. The highest BCUT2D eigenvalue weighted by Gasteiger charge is 1.96. The van der Waals surface area contributed by atoms with Gasteiger partial charge in [-0.3, -0.25) is 4.79 Å². The second-order valence-corrected chi connectivity index (χ2v) is 3.09. The molecule has 0 saturated heterocycles. The number of Topliss-reactive ketones (excluding diaryl/α,β-unsaturated/α-hetero) is 1. The molecule has 0 fully saturated rings. The summed E-state index contributed by atoms with van der Waals surface area (Å²) in [6.07, 6.45) is 4.50. The van der Waals surface area contributed by atoms with Gasteiger partial charge in [0.25, 0.3) is 0 Å². The standard InChI is InChI=1S/C12H14O2/c1-10(14)12-7-5-11(6-8-12)4-2-3-9-13/h2,4-8,13H,3,9H2,1H3. The third kappa shape index (κ3) is 3.15. The van der Waals surface area contributed by atoms with Crippen molar-refractivity contribution in [3.8, 4) is 0 Å². The Labute approximate surface area is 83.9 Å². The molecule has 0 aliphatic rings. The minimum Gasteiger partial charge on any atom is -0.396 e. The van der Waals surface area contributed by atoms with Gasteiger partial charge in [-0.25, -0.2) is 0 Å². The Kier molecular flexibility index (Phi) is 4.08. The van der Waals surface area contributed by atoms with E-state index < -0.39 is 0 Å². The summed E-state index contributed by atoms with van der Waals surface area (Å²) >= 11 is 0. The average molecular weight is 190 g/mol. The van der Waals surface area contributed by atoms with Gasteiger partial charge in [-0.1, -0.05) is 36.4 Å². The van der Waals surface area contributed by atoms with Crippen molar-refractivity contribution in [1.29, 1.82) is 0 Å². The van der Waals surface area contributed by atoms with Crippen molar-refractivity contribution in [1.82, 2.24) is 0 Å². The molecule has 0 bridgehead atoms. The van der Waals surface area contributed by atoms with Crippen molar-refractivity contribution < 1.29 is 9.90 Å². The molecule has 0 aliphatic heterocycles. The van der Waals surface area contributed by atoms with Crippen molar-refractivity contribution in [3.63, 3.8) is 0 Å². The maximum atomic E-state index is 11.0. The Balaban J connectivity index is 2.68. The zero-order valence-electron chi connectivity index (χ0n) is 8.23. The molecule has 0 unspecified atom stereocenters. The highest BCUT2D eigenvalue weighted by Crippen LogP contribution is 2.07. The van der Waals surface area contributed by atoms with Gasteiger partial charge in [0.2, 0.25) is 0 Å². The molecule has 2 heteroatoms. The highest BCUT2D eigenvalue weighted by atomic mass is 16.2. The number of ketones is 1. The normalized spacial score (nSPS) is 10.7. The van der Waals surface area contributed by atoms with Crippen molar-refractivity contribution in [2.24, 2.45) is 0 Å². The first-order valence-corrected chi connectivity index (χ1v) is 4.62. The molecule has 0 spiro atoms. The number of hydrogen-bond acceptors (Lipinski definition) is 2. The molecule has 0 radical (unpaired) electrons. The van der Waals surface area contributed by atoms with E-state index in [9.17, 15) is 4.79 Å². The second kappa shape index (κ2) is 5.35. The Morgan fingerprint density at radius 2 is 2.00 bits per heavy atom. The van der Waals surface area contributed by atoms with Crippen LogP contribution >= 0.6 is 0 Å². The first kappa shape index (κ1) is 10.7. The van der Waals surface area contributed by atoms with Gasteiger partial charge in [-0.15, -0.1) is 0 Å². The van der Waals surface area contributed by atoms with Gasteiger partial charge in [0.05, 0.1) is 0 Å². The van der Waals surface area contributed by atoms with Gasteiger partial charge >= 0.3 is 0 Å². The van der Waals surface area contributed by atoms with Crippen molar-refractivity contribution in [2.45, 2.75) is 13.3 Å². The van der Waals surface area contributed by atoms with Gasteiger partial charge in [0.15, 0.2) is 5.78 Å². The lowest BCUT2D eigenvalue weighted by atomic mass is 10.1. The third-order valence-electron chi connectivity index (χ3n) is 1.92. The van der Waals surface area contributed by atoms with Crippen molar-refractivity contribution in [3.05, 3.63) is 41.5 Å². The minimum atomic E-state index is 0.0795. The number of carbonyl (C=O) groups excluding carboxylic acids is 1. The summed E-state index contributed by atoms with van der Waals surface area (Å²) in [5.41, 5.74) is 1.77. The van der Waals surface area contributed by atoms with E-state index in [1.165, 1.54) is 0 Å². The summed E-state index contributed by atoms with van der Waals surface area (Å²) in [6, 6.07) is 7.40. The lowest BCUT2D eigenvalue weighted by molar-refractivity contribution is 0.101. The Morgan fingerprint density at radius 3 is 2.50 bits per heavy atom. The van der Waals surface area contributed by atoms with E-state index >= 15 is 0 Å². The van der Waals surface area contributed by atoms with Crippen LogP contribution in [0.15, 0.2) is 30.3 Å². The summed E-state index contributed by atoms with van der Waals surface area (Å²) in [7, 11) is 0. The molecule has 0 saturated carbocycles. The predicted molar refractivity (Wildman–Crippen MR) is 57.2 cm³/mol. The van der Waals surface area contributed by atoms with Crippen LogP contribution in [0.3, 0.4) is 0 Å². The number of benzene rings is 1. The Bertz CT molecular complexity index is 323. The van der Waals surface area contributed by atoms with Crippen LogP contribution in [0.25, 0.3) is 6.08 Å². The number of carbonyl (C=O) groups is 1. The van der Waals surface area contributed by atoms with Crippen LogP contribution < -0.4 is 0 Å². The van der Waals surface area contributed by atoms with Gasteiger partial charge in [0.1, 0.15) is 0 Å². The minimum absolute atomic E-state index is 0.0795. The van der Waals surface area contributed by atoms with E-state index in [1.807, 2.05) is 24.3 Å². The number of hydrogen-bond donors (Lipinski definition) is 1. The van der Waals surface area contributed by atoms with Gasteiger partial charge in [-0.2, -0.15) is 0 Å². The van der Waals surface area contributed by atoms with Gasteiger partial charge < -0.3 is 5.11 Å². The van der Waals surface area contributed by atoms with Crippen molar-refractivity contribution in [2.75, 3.05) is 6.61 Å². The lowest BCUT2D eigenvalue weighted by Gasteiger charge is -1.96. The smallest absolute Gasteiger partial charge is 0.159 e. The number of aliphatic hydroxyl groups is 1. The van der Waals surface area contributed by atoms with E-state index in [-0.39, 0.29) is 12.4 Å². The fourth-order valence-electron chi connectivity index (χ4n) is 1.12. The topological polar surface area (TPSA) is 37.3 Å². The number of aliphatic hydroxyl groups excluding tert-OH is 1. The lowest BCUT2D eigenvalue weighted by Crippen LogP contribution is -1.90. The van der Waals surface area contributed by atoms with Crippen LogP contribution in [0.1, 0.15) is 29.3 Å². The zero-order valence-corrected chi connectivity index (χ0v) is 8.23. The van der Waals surface area contributed by atoms with Gasteiger partial charge in [0, 0.05) is 12.2 Å². The van der Waals surface area contributed by atoms with E-state index in [0.717, 1.165) is 11.1 Å². The van der Waals surface area contributed by atoms with Crippen LogP contribution in [0.4, 0.5) is 0 Å². The fourth-order valence-corrected chi connectivity index (χ4v) is 1.12. The van der Waals surface area contributed by atoms with Crippen LogP contribution in [-0.4, -0.2) is 17.5 Å². The first-order chi connectivity index (χ1) is 6.74. The molecule has 1 aromatic carbocycles. The van der Waals surface area contributed by atoms with E-state index in [1.54, 1.807) is 19.1 Å². The Morgan fingerprint density at radius 1 is 1.36 bits per heavy atom. The molecule has 1 rings (SSSR count). The summed E-state index contributed by atoms with van der Waals surface area (Å²) in [6.45, 7) is 1.72.